The standard InChI is InChI=1S/C15H20N2O4/c1-9(2)13-14(18)17(15(19)16-13)8-10-5-6-11(20-3)7-12(10)21-4/h5-7,9,18H,8H2,1-4H3,(H,16,19). The van der Waals surface area contributed by atoms with Gasteiger partial charge in [-0.15, -0.1) is 0 Å². The Morgan fingerprint density at radius 1 is 1.29 bits per heavy atom. The van der Waals surface area contributed by atoms with Crippen LogP contribution in [0.4, 0.5) is 0 Å². The third-order valence-corrected chi connectivity index (χ3v) is 3.38. The first kappa shape index (κ1) is 15.0. The van der Waals surface area contributed by atoms with Crippen LogP contribution >= 0.6 is 0 Å². The van der Waals surface area contributed by atoms with Crippen molar-refractivity contribution in [1.82, 2.24) is 9.55 Å². The topological polar surface area (TPSA) is 76.5 Å². The van der Waals surface area contributed by atoms with Gasteiger partial charge in [0, 0.05) is 11.6 Å². The summed E-state index contributed by atoms with van der Waals surface area (Å²) >= 11 is 0. The van der Waals surface area contributed by atoms with E-state index in [-0.39, 0.29) is 24.0 Å². The van der Waals surface area contributed by atoms with Gasteiger partial charge in [0.2, 0.25) is 5.88 Å². The van der Waals surface area contributed by atoms with Crippen molar-refractivity contribution in [3.05, 3.63) is 39.9 Å². The molecule has 2 rings (SSSR count). The summed E-state index contributed by atoms with van der Waals surface area (Å²) in [5, 5.41) is 10.2. The molecule has 0 unspecified atom stereocenters. The molecule has 1 heterocycles. The summed E-state index contributed by atoms with van der Waals surface area (Å²) in [6.45, 7) is 4.04. The summed E-state index contributed by atoms with van der Waals surface area (Å²) in [6.07, 6.45) is 0. The molecule has 0 aliphatic heterocycles. The lowest BCUT2D eigenvalue weighted by atomic mass is 10.1. The molecule has 114 valence electrons. The predicted octanol–water partition coefficient (Wildman–Crippen LogP) is 2.07. The Balaban J connectivity index is 2.41. The number of aromatic hydroxyl groups is 1. The van der Waals surface area contributed by atoms with Gasteiger partial charge in [0.15, 0.2) is 0 Å². The second-order valence-electron chi connectivity index (χ2n) is 5.09. The fourth-order valence-corrected chi connectivity index (χ4v) is 2.18. The van der Waals surface area contributed by atoms with Crippen LogP contribution in [-0.4, -0.2) is 28.9 Å². The lowest BCUT2D eigenvalue weighted by Gasteiger charge is -2.11. The number of aromatic amines is 1. The zero-order chi connectivity index (χ0) is 15.6. The fourth-order valence-electron chi connectivity index (χ4n) is 2.18. The number of hydrogen-bond donors (Lipinski definition) is 2. The number of H-pyrrole nitrogens is 1. The van der Waals surface area contributed by atoms with Gasteiger partial charge in [-0.05, 0) is 18.1 Å². The zero-order valence-electron chi connectivity index (χ0n) is 12.6. The Labute approximate surface area is 122 Å². The van der Waals surface area contributed by atoms with E-state index in [2.05, 4.69) is 4.98 Å². The van der Waals surface area contributed by atoms with Crippen LogP contribution in [0.25, 0.3) is 0 Å². The number of aromatic nitrogens is 2. The molecule has 0 saturated heterocycles. The largest absolute Gasteiger partial charge is 0.497 e. The van der Waals surface area contributed by atoms with Gasteiger partial charge in [0.1, 0.15) is 11.5 Å². The van der Waals surface area contributed by atoms with E-state index < -0.39 is 0 Å². The minimum absolute atomic E-state index is 0.0344. The van der Waals surface area contributed by atoms with Crippen LogP contribution in [0.15, 0.2) is 23.0 Å². The molecule has 0 aliphatic rings. The zero-order valence-corrected chi connectivity index (χ0v) is 12.6. The highest BCUT2D eigenvalue weighted by atomic mass is 16.5. The van der Waals surface area contributed by atoms with Crippen LogP contribution < -0.4 is 15.2 Å². The van der Waals surface area contributed by atoms with Crippen molar-refractivity contribution in [3.8, 4) is 17.4 Å². The van der Waals surface area contributed by atoms with E-state index in [0.717, 1.165) is 5.56 Å². The van der Waals surface area contributed by atoms with Gasteiger partial charge >= 0.3 is 5.69 Å². The molecule has 0 amide bonds. The van der Waals surface area contributed by atoms with Gasteiger partial charge in [-0.2, -0.15) is 0 Å². The van der Waals surface area contributed by atoms with Crippen molar-refractivity contribution >= 4 is 0 Å². The maximum Gasteiger partial charge on any atom is 0.328 e. The van der Waals surface area contributed by atoms with E-state index >= 15 is 0 Å². The Bertz CT molecular complexity index is 685. The number of rotatable bonds is 5. The number of methoxy groups -OCH3 is 2. The third kappa shape index (κ3) is 2.89. The van der Waals surface area contributed by atoms with E-state index in [9.17, 15) is 9.90 Å². The highest BCUT2D eigenvalue weighted by Crippen LogP contribution is 2.27. The van der Waals surface area contributed by atoms with E-state index in [4.69, 9.17) is 9.47 Å². The minimum atomic E-state index is -0.339. The quantitative estimate of drug-likeness (QED) is 0.884. The van der Waals surface area contributed by atoms with E-state index in [1.807, 2.05) is 19.9 Å². The lowest BCUT2D eigenvalue weighted by molar-refractivity contribution is 0.385. The van der Waals surface area contributed by atoms with Crippen LogP contribution in [-0.2, 0) is 6.54 Å². The molecule has 0 atom stereocenters. The van der Waals surface area contributed by atoms with Crippen molar-refractivity contribution < 1.29 is 14.6 Å². The van der Waals surface area contributed by atoms with Crippen molar-refractivity contribution in [2.24, 2.45) is 0 Å². The molecule has 2 N–H and O–H groups in total. The molecular formula is C15H20N2O4. The molecule has 2 aromatic rings. The fraction of sp³-hybridized carbons (Fsp3) is 0.400. The number of ether oxygens (including phenoxy) is 2. The summed E-state index contributed by atoms with van der Waals surface area (Å²) < 4.78 is 11.7. The predicted molar refractivity (Wildman–Crippen MR) is 79.5 cm³/mol. The second kappa shape index (κ2) is 5.95. The second-order valence-corrected chi connectivity index (χ2v) is 5.09. The first-order chi connectivity index (χ1) is 9.97. The Morgan fingerprint density at radius 2 is 2.00 bits per heavy atom. The highest BCUT2D eigenvalue weighted by Gasteiger charge is 2.17. The molecule has 0 fully saturated rings. The van der Waals surface area contributed by atoms with Gasteiger partial charge in [0.25, 0.3) is 0 Å². The van der Waals surface area contributed by atoms with Gasteiger partial charge in [-0.25, -0.2) is 4.79 Å². The van der Waals surface area contributed by atoms with Crippen molar-refractivity contribution in [1.29, 1.82) is 0 Å². The SMILES string of the molecule is COc1ccc(Cn2c(O)c(C(C)C)[nH]c2=O)c(OC)c1. The Hall–Kier alpha value is -2.37. The molecule has 0 aliphatic carbocycles. The number of nitrogens with one attached hydrogen (secondary N) is 1. The average Bonchev–Trinajstić information content (AvgIpc) is 2.75. The van der Waals surface area contributed by atoms with Gasteiger partial charge < -0.3 is 19.6 Å². The first-order valence-electron chi connectivity index (χ1n) is 6.70. The van der Waals surface area contributed by atoms with Crippen molar-refractivity contribution in [2.45, 2.75) is 26.3 Å². The summed E-state index contributed by atoms with van der Waals surface area (Å²) in [7, 11) is 3.13. The number of nitrogens with zero attached hydrogens (tertiary/aromatic N) is 1. The molecule has 21 heavy (non-hydrogen) atoms. The van der Waals surface area contributed by atoms with E-state index in [1.54, 1.807) is 26.4 Å². The molecule has 6 nitrogen and oxygen atoms in total. The number of imidazole rings is 1. The summed E-state index contributed by atoms with van der Waals surface area (Å²) in [5.74, 6) is 1.28. The molecule has 6 heteroatoms. The normalized spacial score (nSPS) is 10.9. The van der Waals surface area contributed by atoms with Crippen LogP contribution in [0.3, 0.4) is 0 Å². The highest BCUT2D eigenvalue weighted by molar-refractivity contribution is 5.41. The van der Waals surface area contributed by atoms with Crippen LogP contribution in [0.5, 0.6) is 17.4 Å². The minimum Gasteiger partial charge on any atom is -0.497 e. The molecule has 1 aromatic heterocycles. The Morgan fingerprint density at radius 3 is 2.52 bits per heavy atom. The van der Waals surface area contributed by atoms with Gasteiger partial charge in [0.05, 0.1) is 26.5 Å². The van der Waals surface area contributed by atoms with E-state index in [1.165, 1.54) is 4.57 Å². The van der Waals surface area contributed by atoms with Gasteiger partial charge in [-0.3, -0.25) is 4.57 Å². The monoisotopic (exact) mass is 292 g/mol. The Kier molecular flexibility index (Phi) is 4.26. The average molecular weight is 292 g/mol. The smallest absolute Gasteiger partial charge is 0.328 e. The summed E-state index contributed by atoms with van der Waals surface area (Å²) in [6, 6.07) is 5.34. The summed E-state index contributed by atoms with van der Waals surface area (Å²) in [4.78, 5) is 14.7. The summed E-state index contributed by atoms with van der Waals surface area (Å²) in [5.41, 5.74) is 0.978. The molecule has 0 bridgehead atoms. The number of hydrogen-bond acceptors (Lipinski definition) is 4. The first-order valence-corrected chi connectivity index (χ1v) is 6.70. The third-order valence-electron chi connectivity index (χ3n) is 3.38. The molecule has 0 radical (unpaired) electrons. The van der Waals surface area contributed by atoms with Crippen LogP contribution in [0.1, 0.15) is 31.0 Å². The van der Waals surface area contributed by atoms with E-state index in [0.29, 0.717) is 17.2 Å². The van der Waals surface area contributed by atoms with Crippen LogP contribution in [0, 0.1) is 0 Å². The lowest BCUT2D eigenvalue weighted by Crippen LogP contribution is -2.17. The van der Waals surface area contributed by atoms with Gasteiger partial charge in [-0.1, -0.05) is 13.8 Å². The molecule has 1 aromatic carbocycles. The maximum absolute atomic E-state index is 12.0. The molecular weight excluding hydrogens is 272 g/mol. The molecule has 0 saturated carbocycles. The van der Waals surface area contributed by atoms with Crippen LogP contribution in [0.2, 0.25) is 0 Å². The molecule has 0 spiro atoms. The maximum atomic E-state index is 12.0. The van der Waals surface area contributed by atoms with Crippen molar-refractivity contribution in [2.75, 3.05) is 14.2 Å². The number of benzene rings is 1. The van der Waals surface area contributed by atoms with Crippen molar-refractivity contribution in [3.63, 3.8) is 0 Å².